The quantitative estimate of drug-likeness (QED) is 0.865. The molecule has 0 fully saturated rings. The van der Waals surface area contributed by atoms with Crippen molar-refractivity contribution >= 4 is 22.5 Å². The van der Waals surface area contributed by atoms with Crippen molar-refractivity contribution in [3.8, 4) is 0 Å². The summed E-state index contributed by atoms with van der Waals surface area (Å²) in [5.74, 6) is 0.556. The van der Waals surface area contributed by atoms with Gasteiger partial charge in [0.25, 0.3) is 5.91 Å². The van der Waals surface area contributed by atoms with Crippen molar-refractivity contribution in [3.63, 3.8) is 0 Å². The number of nitrogens with zero attached hydrogens (tertiary/aromatic N) is 1. The molecule has 0 aliphatic carbocycles. The summed E-state index contributed by atoms with van der Waals surface area (Å²) in [6, 6.07) is 3.29. The molecule has 6 heteroatoms. The van der Waals surface area contributed by atoms with Crippen LogP contribution in [0, 0.1) is 0 Å². The molecule has 19 heavy (non-hydrogen) atoms. The lowest BCUT2D eigenvalue weighted by Crippen LogP contribution is -2.28. The molecule has 0 bridgehead atoms. The molecule has 0 saturated carbocycles. The zero-order chi connectivity index (χ0) is 14.6. The number of hydrogen-bond acceptors (Lipinski definition) is 4. The molecule has 1 aromatic rings. The highest BCUT2D eigenvalue weighted by Gasteiger charge is 2.18. The van der Waals surface area contributed by atoms with Crippen LogP contribution in [0.1, 0.15) is 36.8 Å². The minimum absolute atomic E-state index is 0.171. The van der Waals surface area contributed by atoms with Crippen LogP contribution in [0.15, 0.2) is 12.1 Å². The Bertz CT molecular complexity index is 495. The lowest BCUT2D eigenvalue weighted by Gasteiger charge is -2.19. The van der Waals surface area contributed by atoms with Gasteiger partial charge in [-0.3, -0.25) is 9.00 Å². The van der Waals surface area contributed by atoms with Gasteiger partial charge in [0.05, 0.1) is 0 Å². The van der Waals surface area contributed by atoms with E-state index < -0.39 is 10.8 Å². The number of amides is 1. The number of carbonyl (C=O) groups is 1. The zero-order valence-corrected chi connectivity index (χ0v) is 12.6. The zero-order valence-electron chi connectivity index (χ0n) is 11.8. The molecule has 0 spiro atoms. The second-order valence-electron chi connectivity index (χ2n) is 5.45. The number of carbonyl (C=O) groups excluding carboxylic acids is 1. The topological polar surface area (TPSA) is 85.1 Å². The molecule has 0 radical (unpaired) electrons. The molecule has 0 aliphatic rings. The third-order valence-corrected chi connectivity index (χ3v) is 3.33. The number of nitrogen functional groups attached to an aromatic ring is 1. The first-order chi connectivity index (χ1) is 8.70. The fourth-order valence-corrected chi connectivity index (χ4v) is 1.87. The normalized spacial score (nSPS) is 13.1. The summed E-state index contributed by atoms with van der Waals surface area (Å²) in [5, 5.41) is 2.72. The van der Waals surface area contributed by atoms with E-state index in [9.17, 15) is 9.00 Å². The van der Waals surface area contributed by atoms with Crippen molar-refractivity contribution in [1.82, 2.24) is 10.3 Å². The summed E-state index contributed by atoms with van der Waals surface area (Å²) in [4.78, 5) is 16.2. The number of nitrogens with two attached hydrogens (primary N) is 1. The molecule has 0 aliphatic heterocycles. The van der Waals surface area contributed by atoms with E-state index in [0.29, 0.717) is 23.7 Å². The van der Waals surface area contributed by atoms with Crippen LogP contribution in [0.4, 0.5) is 5.82 Å². The average molecular weight is 283 g/mol. The molecule has 1 amide bonds. The molecular weight excluding hydrogens is 262 g/mol. The van der Waals surface area contributed by atoms with Gasteiger partial charge in [0, 0.05) is 46.0 Å². The SMILES string of the molecule is CS(=O)CCNC(=O)c1cc(N)nc(C(C)(C)C)c1. The number of anilines is 1. The minimum Gasteiger partial charge on any atom is -0.384 e. The number of rotatable bonds is 4. The molecule has 1 rings (SSSR count). The Morgan fingerprint density at radius 1 is 1.42 bits per heavy atom. The van der Waals surface area contributed by atoms with E-state index in [1.165, 1.54) is 0 Å². The van der Waals surface area contributed by atoms with Crippen LogP contribution in [-0.2, 0) is 16.2 Å². The van der Waals surface area contributed by atoms with E-state index in [-0.39, 0.29) is 11.3 Å². The van der Waals surface area contributed by atoms with Gasteiger partial charge in [0.2, 0.25) is 0 Å². The summed E-state index contributed by atoms with van der Waals surface area (Å²) >= 11 is 0. The standard InChI is InChI=1S/C13H21N3O2S/c1-13(2,3)10-7-9(8-11(14)16-10)12(17)15-5-6-19(4)18/h7-8H,5-6H2,1-4H3,(H2,14,16)(H,15,17). The van der Waals surface area contributed by atoms with Crippen molar-refractivity contribution < 1.29 is 9.00 Å². The van der Waals surface area contributed by atoms with Gasteiger partial charge in [-0.2, -0.15) is 0 Å². The number of aromatic nitrogens is 1. The molecule has 1 atom stereocenters. The third-order valence-electron chi connectivity index (χ3n) is 2.55. The lowest BCUT2D eigenvalue weighted by molar-refractivity contribution is 0.0956. The fourth-order valence-electron chi connectivity index (χ4n) is 1.48. The maximum atomic E-state index is 12.0. The van der Waals surface area contributed by atoms with Crippen LogP contribution in [0.2, 0.25) is 0 Å². The van der Waals surface area contributed by atoms with Gasteiger partial charge in [-0.15, -0.1) is 0 Å². The van der Waals surface area contributed by atoms with E-state index >= 15 is 0 Å². The molecule has 1 unspecified atom stereocenters. The largest absolute Gasteiger partial charge is 0.384 e. The molecule has 1 aromatic heterocycles. The summed E-state index contributed by atoms with van der Waals surface area (Å²) in [6.07, 6.45) is 1.61. The van der Waals surface area contributed by atoms with Crippen molar-refractivity contribution in [2.75, 3.05) is 24.3 Å². The van der Waals surface area contributed by atoms with Crippen molar-refractivity contribution in [1.29, 1.82) is 0 Å². The highest BCUT2D eigenvalue weighted by Crippen LogP contribution is 2.22. The molecule has 0 aromatic carbocycles. The Labute approximate surface area is 116 Å². The Morgan fingerprint density at radius 2 is 2.05 bits per heavy atom. The predicted molar refractivity (Wildman–Crippen MR) is 78.6 cm³/mol. The van der Waals surface area contributed by atoms with Gasteiger partial charge in [-0.05, 0) is 12.1 Å². The number of hydrogen-bond donors (Lipinski definition) is 2. The van der Waals surface area contributed by atoms with Gasteiger partial charge in [0.1, 0.15) is 5.82 Å². The summed E-state index contributed by atoms with van der Waals surface area (Å²) in [5.41, 5.74) is 6.82. The van der Waals surface area contributed by atoms with E-state index in [2.05, 4.69) is 10.3 Å². The maximum absolute atomic E-state index is 12.0. The molecular formula is C13H21N3O2S. The molecule has 0 saturated heterocycles. The Kier molecular flexibility index (Phi) is 5.05. The van der Waals surface area contributed by atoms with Crippen molar-refractivity contribution in [2.24, 2.45) is 0 Å². The predicted octanol–water partition coefficient (Wildman–Crippen LogP) is 1.07. The molecule has 1 heterocycles. The summed E-state index contributed by atoms with van der Waals surface area (Å²) in [7, 11) is -0.913. The van der Waals surface area contributed by atoms with Crippen LogP contribution >= 0.6 is 0 Å². The number of pyridine rings is 1. The minimum atomic E-state index is -0.913. The van der Waals surface area contributed by atoms with Crippen LogP contribution < -0.4 is 11.1 Å². The van der Waals surface area contributed by atoms with Gasteiger partial charge in [0.15, 0.2) is 0 Å². The first-order valence-electron chi connectivity index (χ1n) is 6.06. The second kappa shape index (κ2) is 6.14. The van der Waals surface area contributed by atoms with Gasteiger partial charge in [-0.1, -0.05) is 20.8 Å². The first-order valence-corrected chi connectivity index (χ1v) is 7.79. The molecule has 3 N–H and O–H groups in total. The van der Waals surface area contributed by atoms with Crippen LogP contribution in [-0.4, -0.2) is 33.7 Å². The fraction of sp³-hybridized carbons (Fsp3) is 0.538. The van der Waals surface area contributed by atoms with E-state index in [1.54, 1.807) is 18.4 Å². The van der Waals surface area contributed by atoms with Crippen LogP contribution in [0.3, 0.4) is 0 Å². The van der Waals surface area contributed by atoms with Crippen molar-refractivity contribution in [3.05, 3.63) is 23.4 Å². The highest BCUT2D eigenvalue weighted by molar-refractivity contribution is 7.84. The molecule has 5 nitrogen and oxygen atoms in total. The van der Waals surface area contributed by atoms with E-state index in [4.69, 9.17) is 5.73 Å². The van der Waals surface area contributed by atoms with Crippen LogP contribution in [0.5, 0.6) is 0 Å². The van der Waals surface area contributed by atoms with Gasteiger partial charge >= 0.3 is 0 Å². The monoisotopic (exact) mass is 283 g/mol. The van der Waals surface area contributed by atoms with Gasteiger partial charge in [-0.25, -0.2) is 4.98 Å². The van der Waals surface area contributed by atoms with E-state index in [1.807, 2.05) is 20.8 Å². The second-order valence-corrected chi connectivity index (χ2v) is 7.00. The third kappa shape index (κ3) is 4.98. The Balaban J connectivity index is 2.86. The lowest BCUT2D eigenvalue weighted by atomic mass is 9.90. The first kappa shape index (κ1) is 15.6. The average Bonchev–Trinajstić information content (AvgIpc) is 2.26. The van der Waals surface area contributed by atoms with Gasteiger partial charge < -0.3 is 11.1 Å². The molecule has 106 valence electrons. The van der Waals surface area contributed by atoms with Crippen molar-refractivity contribution in [2.45, 2.75) is 26.2 Å². The Hall–Kier alpha value is -1.43. The highest BCUT2D eigenvalue weighted by atomic mass is 32.2. The Morgan fingerprint density at radius 3 is 2.58 bits per heavy atom. The summed E-state index contributed by atoms with van der Waals surface area (Å²) in [6.45, 7) is 6.42. The smallest absolute Gasteiger partial charge is 0.251 e. The summed E-state index contributed by atoms with van der Waals surface area (Å²) < 4.78 is 10.9. The van der Waals surface area contributed by atoms with Crippen LogP contribution in [0.25, 0.3) is 0 Å². The van der Waals surface area contributed by atoms with E-state index in [0.717, 1.165) is 5.69 Å². The maximum Gasteiger partial charge on any atom is 0.251 e. The number of nitrogens with one attached hydrogen (secondary N) is 1.